The van der Waals surface area contributed by atoms with Gasteiger partial charge >= 0.3 is 0 Å². The highest BCUT2D eigenvalue weighted by atomic mass is 16.3. The molecule has 1 aromatic heterocycles. The van der Waals surface area contributed by atoms with Gasteiger partial charge in [-0.1, -0.05) is 0 Å². The molecule has 0 aliphatic heterocycles. The van der Waals surface area contributed by atoms with Crippen LogP contribution in [0.1, 0.15) is 50.1 Å². The first-order valence-corrected chi connectivity index (χ1v) is 6.92. The summed E-state index contributed by atoms with van der Waals surface area (Å²) in [6.45, 7) is 0.496. The van der Waals surface area contributed by atoms with E-state index in [0.717, 1.165) is 29.3 Å². The lowest BCUT2D eigenvalue weighted by Crippen LogP contribution is -2.48. The highest BCUT2D eigenvalue weighted by Gasteiger charge is 2.53. The Balaban J connectivity index is 1.72. The fraction of sp³-hybridized carbons (Fsp3) is 0.786. The van der Waals surface area contributed by atoms with Crippen molar-refractivity contribution < 1.29 is 4.42 Å². The van der Waals surface area contributed by atoms with Crippen molar-refractivity contribution in [2.75, 3.05) is 0 Å². The zero-order valence-corrected chi connectivity index (χ0v) is 10.2. The van der Waals surface area contributed by atoms with E-state index in [2.05, 4.69) is 4.98 Å². The maximum atomic E-state index is 5.75. The maximum Gasteiger partial charge on any atom is 0.200 e. The highest BCUT2D eigenvalue weighted by Crippen LogP contribution is 2.60. The van der Waals surface area contributed by atoms with Crippen molar-refractivity contribution in [2.24, 2.45) is 23.5 Å². The largest absolute Gasteiger partial charge is 0.448 e. The zero-order valence-electron chi connectivity index (χ0n) is 10.2. The van der Waals surface area contributed by atoms with E-state index in [-0.39, 0.29) is 5.41 Å². The summed E-state index contributed by atoms with van der Waals surface area (Å²) in [5.41, 5.74) is 6.82. The second-order valence-electron chi connectivity index (χ2n) is 6.55. The minimum atomic E-state index is 0.280. The summed E-state index contributed by atoms with van der Waals surface area (Å²) in [7, 11) is 0. The molecule has 0 spiro atoms. The summed E-state index contributed by atoms with van der Waals surface area (Å²) in [4.78, 5) is 4.63. The molecule has 1 heterocycles. The van der Waals surface area contributed by atoms with Crippen LogP contribution in [0, 0.1) is 17.8 Å². The summed E-state index contributed by atoms with van der Waals surface area (Å²) in [6.07, 6.45) is 10.1. The summed E-state index contributed by atoms with van der Waals surface area (Å²) < 4.78 is 5.75. The number of nitrogens with zero attached hydrogens (tertiary/aromatic N) is 1. The van der Waals surface area contributed by atoms with Crippen LogP contribution in [0.4, 0.5) is 0 Å². The van der Waals surface area contributed by atoms with Crippen LogP contribution in [0.25, 0.3) is 0 Å². The van der Waals surface area contributed by atoms with E-state index in [1.165, 1.54) is 38.5 Å². The molecule has 3 nitrogen and oxygen atoms in total. The molecule has 0 aromatic carbocycles. The lowest BCUT2D eigenvalue weighted by Gasteiger charge is -2.55. The molecule has 5 rings (SSSR count). The maximum absolute atomic E-state index is 5.75. The molecule has 4 aliphatic carbocycles. The molecule has 4 bridgehead atoms. The van der Waals surface area contributed by atoms with Gasteiger partial charge in [-0.2, -0.15) is 0 Å². The summed E-state index contributed by atoms with van der Waals surface area (Å²) >= 11 is 0. The molecule has 0 radical (unpaired) electrons. The third-order valence-corrected chi connectivity index (χ3v) is 5.25. The molecule has 0 unspecified atom stereocenters. The van der Waals surface area contributed by atoms with E-state index >= 15 is 0 Å². The van der Waals surface area contributed by atoms with Crippen molar-refractivity contribution in [3.05, 3.63) is 17.8 Å². The van der Waals surface area contributed by atoms with E-state index in [4.69, 9.17) is 10.2 Å². The average Bonchev–Trinajstić information content (AvgIpc) is 2.76. The first kappa shape index (κ1) is 10.1. The molecule has 4 aliphatic rings. The van der Waals surface area contributed by atoms with Gasteiger partial charge in [-0.05, 0) is 56.3 Å². The minimum absolute atomic E-state index is 0.280. The topological polar surface area (TPSA) is 52.0 Å². The van der Waals surface area contributed by atoms with E-state index in [0.29, 0.717) is 6.54 Å². The third kappa shape index (κ3) is 1.41. The molecule has 17 heavy (non-hydrogen) atoms. The summed E-state index contributed by atoms with van der Waals surface area (Å²) in [6, 6.07) is 0. The first-order valence-electron chi connectivity index (χ1n) is 6.92. The van der Waals surface area contributed by atoms with Gasteiger partial charge in [0.25, 0.3) is 0 Å². The second kappa shape index (κ2) is 3.35. The van der Waals surface area contributed by atoms with Crippen LogP contribution in [-0.2, 0) is 12.0 Å². The zero-order chi connectivity index (χ0) is 11.5. The first-order chi connectivity index (χ1) is 8.27. The lowest BCUT2D eigenvalue weighted by atomic mass is 9.49. The number of hydrogen-bond donors (Lipinski definition) is 1. The van der Waals surface area contributed by atoms with Crippen LogP contribution in [-0.4, -0.2) is 4.98 Å². The number of aromatic nitrogens is 1. The Morgan fingerprint density at radius 1 is 1.18 bits per heavy atom. The van der Waals surface area contributed by atoms with E-state index in [9.17, 15) is 0 Å². The van der Waals surface area contributed by atoms with E-state index in [1.54, 1.807) is 6.26 Å². The van der Waals surface area contributed by atoms with Gasteiger partial charge in [0.1, 0.15) is 6.26 Å². The number of hydrogen-bond acceptors (Lipinski definition) is 3. The normalized spacial score (nSPS) is 43.2. The smallest absolute Gasteiger partial charge is 0.200 e. The Bertz CT molecular complexity index is 402. The number of nitrogens with two attached hydrogens (primary N) is 1. The molecule has 0 amide bonds. The molecule has 2 N–H and O–H groups in total. The Morgan fingerprint density at radius 3 is 2.24 bits per heavy atom. The molecule has 4 fully saturated rings. The fourth-order valence-electron chi connectivity index (χ4n) is 5.02. The van der Waals surface area contributed by atoms with Crippen LogP contribution in [0.15, 0.2) is 10.7 Å². The van der Waals surface area contributed by atoms with Gasteiger partial charge in [0.2, 0.25) is 5.89 Å². The van der Waals surface area contributed by atoms with Crippen LogP contribution >= 0.6 is 0 Å². The Morgan fingerprint density at radius 2 is 1.76 bits per heavy atom. The van der Waals surface area contributed by atoms with Gasteiger partial charge in [0.05, 0.1) is 5.69 Å². The lowest BCUT2D eigenvalue weighted by molar-refractivity contribution is -0.0177. The molecule has 4 saturated carbocycles. The molecular weight excluding hydrogens is 212 g/mol. The molecule has 0 atom stereocenters. The highest BCUT2D eigenvalue weighted by molar-refractivity contribution is 5.16. The van der Waals surface area contributed by atoms with Crippen molar-refractivity contribution in [2.45, 2.75) is 50.5 Å². The molecular formula is C14H20N2O. The van der Waals surface area contributed by atoms with Gasteiger partial charge < -0.3 is 10.2 Å². The number of oxazole rings is 1. The SMILES string of the molecule is NCc1coc(C23CC4CC(CC(C4)C2)C3)n1. The van der Waals surface area contributed by atoms with Crippen molar-refractivity contribution >= 4 is 0 Å². The van der Waals surface area contributed by atoms with Gasteiger partial charge in [-0.15, -0.1) is 0 Å². The monoisotopic (exact) mass is 232 g/mol. The predicted molar refractivity (Wildman–Crippen MR) is 64.2 cm³/mol. The summed E-state index contributed by atoms with van der Waals surface area (Å²) in [5.74, 6) is 3.82. The van der Waals surface area contributed by atoms with Crippen LogP contribution in [0.2, 0.25) is 0 Å². The van der Waals surface area contributed by atoms with Crippen molar-refractivity contribution in [1.29, 1.82) is 0 Å². The summed E-state index contributed by atoms with van der Waals surface area (Å²) in [5, 5.41) is 0. The average molecular weight is 232 g/mol. The predicted octanol–water partition coefficient (Wildman–Crippen LogP) is 2.60. The van der Waals surface area contributed by atoms with Crippen molar-refractivity contribution in [3.8, 4) is 0 Å². The third-order valence-electron chi connectivity index (χ3n) is 5.25. The molecule has 0 saturated heterocycles. The van der Waals surface area contributed by atoms with Gasteiger partial charge in [0, 0.05) is 12.0 Å². The van der Waals surface area contributed by atoms with Crippen LogP contribution < -0.4 is 5.73 Å². The Labute approximate surface area is 102 Å². The number of rotatable bonds is 2. The van der Waals surface area contributed by atoms with E-state index in [1.807, 2.05) is 0 Å². The Kier molecular flexibility index (Phi) is 1.99. The Hall–Kier alpha value is -0.830. The van der Waals surface area contributed by atoms with Crippen LogP contribution in [0.5, 0.6) is 0 Å². The standard InChI is InChI=1S/C14H20N2O/c15-7-12-8-17-13(16-12)14-4-9-1-10(5-14)3-11(2-9)6-14/h8-11H,1-7,15H2. The van der Waals surface area contributed by atoms with Crippen LogP contribution in [0.3, 0.4) is 0 Å². The molecule has 92 valence electrons. The molecule has 1 aromatic rings. The minimum Gasteiger partial charge on any atom is -0.448 e. The van der Waals surface area contributed by atoms with Crippen molar-refractivity contribution in [1.82, 2.24) is 4.98 Å². The van der Waals surface area contributed by atoms with Gasteiger partial charge in [0.15, 0.2) is 0 Å². The second-order valence-corrected chi connectivity index (χ2v) is 6.55. The van der Waals surface area contributed by atoms with E-state index < -0.39 is 0 Å². The van der Waals surface area contributed by atoms with Gasteiger partial charge in [-0.3, -0.25) is 0 Å². The van der Waals surface area contributed by atoms with Crippen molar-refractivity contribution in [3.63, 3.8) is 0 Å². The fourth-order valence-corrected chi connectivity index (χ4v) is 5.02. The van der Waals surface area contributed by atoms with Gasteiger partial charge in [-0.25, -0.2) is 4.98 Å². The molecule has 3 heteroatoms. The quantitative estimate of drug-likeness (QED) is 0.852.